The zero-order valence-corrected chi connectivity index (χ0v) is 8.03. The van der Waals surface area contributed by atoms with Gasteiger partial charge in [0.1, 0.15) is 5.75 Å². The molecular weight excluding hydrogens is 196 g/mol. The van der Waals surface area contributed by atoms with Gasteiger partial charge in [-0.3, -0.25) is 4.79 Å². The van der Waals surface area contributed by atoms with Crippen molar-refractivity contribution < 1.29 is 19.4 Å². The fourth-order valence-electron chi connectivity index (χ4n) is 1.73. The monoisotopic (exact) mass is 206 g/mol. The maximum Gasteiger partial charge on any atom is 0.341 e. The Morgan fingerprint density at radius 1 is 1.40 bits per heavy atom. The van der Waals surface area contributed by atoms with Gasteiger partial charge in [-0.15, -0.1) is 0 Å². The van der Waals surface area contributed by atoms with E-state index in [1.807, 2.05) is 6.07 Å². The Morgan fingerprint density at radius 2 is 2.20 bits per heavy atom. The summed E-state index contributed by atoms with van der Waals surface area (Å²) in [6.07, 6.45) is 1.21. The average Bonchev–Trinajstić information content (AvgIpc) is 2.58. The van der Waals surface area contributed by atoms with Crippen LogP contribution in [0.2, 0.25) is 0 Å². The number of benzene rings is 1. The van der Waals surface area contributed by atoms with Crippen molar-refractivity contribution in [1.29, 1.82) is 0 Å². The molecule has 1 aromatic rings. The van der Waals surface area contributed by atoms with E-state index in [4.69, 9.17) is 9.84 Å². The Labute approximate surface area is 86.5 Å². The van der Waals surface area contributed by atoms with Crippen LogP contribution in [0, 0.1) is 0 Å². The molecule has 1 aliphatic rings. The summed E-state index contributed by atoms with van der Waals surface area (Å²) in [4.78, 5) is 21.8. The van der Waals surface area contributed by atoms with Crippen molar-refractivity contribution in [3.05, 3.63) is 29.3 Å². The number of ketones is 1. The zero-order valence-electron chi connectivity index (χ0n) is 8.03. The molecule has 0 amide bonds. The second-order valence-electron chi connectivity index (χ2n) is 3.40. The SMILES string of the molecule is O=C(O)COc1cccc2c1C(=O)CC2. The third-order valence-corrected chi connectivity index (χ3v) is 2.36. The molecule has 0 heterocycles. The predicted molar refractivity (Wildman–Crippen MR) is 52.2 cm³/mol. The van der Waals surface area contributed by atoms with Crippen LogP contribution in [0.1, 0.15) is 22.3 Å². The van der Waals surface area contributed by atoms with Crippen molar-refractivity contribution in [3.63, 3.8) is 0 Å². The molecule has 0 saturated heterocycles. The molecule has 4 heteroatoms. The van der Waals surface area contributed by atoms with Crippen molar-refractivity contribution in [2.45, 2.75) is 12.8 Å². The largest absolute Gasteiger partial charge is 0.481 e. The van der Waals surface area contributed by atoms with Gasteiger partial charge < -0.3 is 9.84 Å². The lowest BCUT2D eigenvalue weighted by Gasteiger charge is -2.07. The van der Waals surface area contributed by atoms with Crippen LogP contribution in [0.25, 0.3) is 0 Å². The van der Waals surface area contributed by atoms with E-state index in [0.717, 1.165) is 12.0 Å². The highest BCUT2D eigenvalue weighted by molar-refractivity contribution is 6.02. The number of carboxylic acid groups (broad SMARTS) is 1. The minimum atomic E-state index is -1.04. The smallest absolute Gasteiger partial charge is 0.341 e. The molecule has 0 saturated carbocycles. The molecule has 1 aliphatic carbocycles. The lowest BCUT2D eigenvalue weighted by molar-refractivity contribution is -0.139. The summed E-state index contributed by atoms with van der Waals surface area (Å²) in [5.74, 6) is -0.624. The van der Waals surface area contributed by atoms with Gasteiger partial charge in [-0.25, -0.2) is 4.79 Å². The standard InChI is InChI=1S/C11H10O4/c12-8-5-4-7-2-1-3-9(11(7)8)15-6-10(13)14/h1-3H,4-6H2,(H,13,14). The highest BCUT2D eigenvalue weighted by Gasteiger charge is 2.23. The first-order valence-corrected chi connectivity index (χ1v) is 4.68. The first kappa shape index (κ1) is 9.71. The molecule has 78 valence electrons. The van der Waals surface area contributed by atoms with Crippen LogP contribution >= 0.6 is 0 Å². The summed E-state index contributed by atoms with van der Waals surface area (Å²) in [6.45, 7) is -0.413. The Bertz CT molecular complexity index is 423. The van der Waals surface area contributed by atoms with Crippen LogP contribution < -0.4 is 4.74 Å². The van der Waals surface area contributed by atoms with E-state index in [1.165, 1.54) is 0 Å². The number of aliphatic carboxylic acids is 1. The summed E-state index contributed by atoms with van der Waals surface area (Å²) < 4.78 is 5.06. The lowest BCUT2D eigenvalue weighted by Crippen LogP contribution is -2.11. The fourth-order valence-corrected chi connectivity index (χ4v) is 1.73. The van der Waals surface area contributed by atoms with Crippen LogP contribution in [0.5, 0.6) is 5.75 Å². The van der Waals surface area contributed by atoms with E-state index in [2.05, 4.69) is 0 Å². The molecule has 1 aromatic carbocycles. The highest BCUT2D eigenvalue weighted by Crippen LogP contribution is 2.30. The molecule has 0 unspecified atom stereocenters. The number of carbonyl (C=O) groups is 2. The Balaban J connectivity index is 2.28. The minimum absolute atomic E-state index is 0.0333. The number of hydrogen-bond acceptors (Lipinski definition) is 3. The zero-order chi connectivity index (χ0) is 10.8. The minimum Gasteiger partial charge on any atom is -0.481 e. The van der Waals surface area contributed by atoms with Crippen molar-refractivity contribution >= 4 is 11.8 Å². The van der Waals surface area contributed by atoms with Gasteiger partial charge in [0.2, 0.25) is 0 Å². The van der Waals surface area contributed by atoms with E-state index in [-0.39, 0.29) is 5.78 Å². The van der Waals surface area contributed by atoms with Crippen LogP contribution in [0.3, 0.4) is 0 Å². The summed E-state index contributed by atoms with van der Waals surface area (Å²) in [6, 6.07) is 5.27. The van der Waals surface area contributed by atoms with E-state index < -0.39 is 12.6 Å². The molecule has 0 spiro atoms. The number of hydrogen-bond donors (Lipinski definition) is 1. The third-order valence-electron chi connectivity index (χ3n) is 2.36. The number of carbonyl (C=O) groups excluding carboxylic acids is 1. The van der Waals surface area contributed by atoms with Crippen LogP contribution in [-0.2, 0) is 11.2 Å². The number of Topliss-reactive ketones (excluding diaryl/α,β-unsaturated/α-hetero) is 1. The number of ether oxygens (including phenoxy) is 1. The topological polar surface area (TPSA) is 63.6 Å². The Kier molecular flexibility index (Phi) is 2.41. The third kappa shape index (κ3) is 1.83. The van der Waals surface area contributed by atoms with Gasteiger partial charge in [0.25, 0.3) is 0 Å². The summed E-state index contributed by atoms with van der Waals surface area (Å²) in [7, 11) is 0. The number of rotatable bonds is 3. The van der Waals surface area contributed by atoms with Gasteiger partial charge in [0.05, 0.1) is 5.56 Å². The Hall–Kier alpha value is -1.84. The maximum atomic E-state index is 11.5. The van der Waals surface area contributed by atoms with Crippen molar-refractivity contribution in [2.75, 3.05) is 6.61 Å². The molecule has 0 atom stereocenters. The summed E-state index contributed by atoms with van der Waals surface area (Å²) >= 11 is 0. The first-order chi connectivity index (χ1) is 7.18. The Morgan fingerprint density at radius 3 is 2.93 bits per heavy atom. The van der Waals surface area contributed by atoms with Crippen LogP contribution in [0.15, 0.2) is 18.2 Å². The van der Waals surface area contributed by atoms with Crippen molar-refractivity contribution in [1.82, 2.24) is 0 Å². The maximum absolute atomic E-state index is 11.5. The molecular formula is C11H10O4. The van der Waals surface area contributed by atoms with Crippen molar-refractivity contribution in [3.8, 4) is 5.75 Å². The normalized spacial score (nSPS) is 13.7. The van der Waals surface area contributed by atoms with Crippen molar-refractivity contribution in [2.24, 2.45) is 0 Å². The summed E-state index contributed by atoms with van der Waals surface area (Å²) in [5.41, 5.74) is 1.50. The van der Waals surface area contributed by atoms with Crippen LogP contribution in [0.4, 0.5) is 0 Å². The summed E-state index contributed by atoms with van der Waals surface area (Å²) in [5, 5.41) is 8.48. The number of fused-ring (bicyclic) bond motifs is 1. The van der Waals surface area contributed by atoms with Gasteiger partial charge in [0, 0.05) is 6.42 Å². The number of aryl methyl sites for hydroxylation is 1. The van der Waals surface area contributed by atoms with E-state index in [0.29, 0.717) is 17.7 Å². The molecule has 0 radical (unpaired) electrons. The molecule has 0 fully saturated rings. The predicted octanol–water partition coefficient (Wildman–Crippen LogP) is 1.28. The lowest BCUT2D eigenvalue weighted by atomic mass is 10.1. The fraction of sp³-hybridized carbons (Fsp3) is 0.273. The van der Waals surface area contributed by atoms with E-state index in [9.17, 15) is 9.59 Å². The molecule has 0 aliphatic heterocycles. The molecule has 0 bridgehead atoms. The second kappa shape index (κ2) is 3.73. The van der Waals surface area contributed by atoms with Gasteiger partial charge in [-0.05, 0) is 18.1 Å². The molecule has 2 rings (SSSR count). The van der Waals surface area contributed by atoms with E-state index >= 15 is 0 Å². The quantitative estimate of drug-likeness (QED) is 0.809. The first-order valence-electron chi connectivity index (χ1n) is 4.68. The highest BCUT2D eigenvalue weighted by atomic mass is 16.5. The van der Waals surface area contributed by atoms with Gasteiger partial charge >= 0.3 is 5.97 Å². The van der Waals surface area contributed by atoms with Gasteiger partial charge in [-0.1, -0.05) is 12.1 Å². The van der Waals surface area contributed by atoms with E-state index in [1.54, 1.807) is 12.1 Å². The molecule has 4 nitrogen and oxygen atoms in total. The van der Waals surface area contributed by atoms with Crippen LogP contribution in [-0.4, -0.2) is 23.5 Å². The number of carboxylic acids is 1. The van der Waals surface area contributed by atoms with Gasteiger partial charge in [-0.2, -0.15) is 0 Å². The average molecular weight is 206 g/mol. The molecule has 1 N–H and O–H groups in total. The molecule has 15 heavy (non-hydrogen) atoms. The van der Waals surface area contributed by atoms with Gasteiger partial charge in [0.15, 0.2) is 12.4 Å². The second-order valence-corrected chi connectivity index (χ2v) is 3.40. The molecule has 0 aromatic heterocycles.